The van der Waals surface area contributed by atoms with Crippen LogP contribution in [-0.2, 0) is 4.74 Å². The van der Waals surface area contributed by atoms with E-state index in [-0.39, 0.29) is 0 Å². The molecule has 0 aliphatic carbocycles. The summed E-state index contributed by atoms with van der Waals surface area (Å²) in [6.45, 7) is 10.2. The molecular formula is C10H22N2O. The number of methoxy groups -OCH3 is 1. The summed E-state index contributed by atoms with van der Waals surface area (Å²) < 4.78 is 5.12. The van der Waals surface area contributed by atoms with Crippen molar-refractivity contribution in [3.05, 3.63) is 12.7 Å². The first-order valence-electron chi connectivity index (χ1n) is 4.73. The third-order valence-corrected chi connectivity index (χ3v) is 2.10. The van der Waals surface area contributed by atoms with Gasteiger partial charge in [-0.25, -0.2) is 0 Å². The van der Waals surface area contributed by atoms with Gasteiger partial charge in [-0.1, -0.05) is 6.08 Å². The smallest absolute Gasteiger partial charge is 0.0630 e. The fourth-order valence-corrected chi connectivity index (χ4v) is 1.42. The van der Waals surface area contributed by atoms with Crippen LogP contribution in [0.5, 0.6) is 0 Å². The van der Waals surface area contributed by atoms with Gasteiger partial charge in [-0.05, 0) is 13.8 Å². The second kappa shape index (κ2) is 7.06. The van der Waals surface area contributed by atoms with Crippen LogP contribution in [0, 0.1) is 0 Å². The zero-order chi connectivity index (χ0) is 10.3. The molecule has 0 aromatic heterocycles. The second-order valence-electron chi connectivity index (χ2n) is 3.42. The molecule has 78 valence electrons. The Labute approximate surface area is 81.5 Å². The molecule has 1 atom stereocenters. The van der Waals surface area contributed by atoms with Crippen molar-refractivity contribution in [3.63, 3.8) is 0 Å². The van der Waals surface area contributed by atoms with Crippen molar-refractivity contribution in [2.24, 2.45) is 5.73 Å². The second-order valence-corrected chi connectivity index (χ2v) is 3.42. The fraction of sp³-hybridized carbons (Fsp3) is 0.800. The highest BCUT2D eigenvalue weighted by molar-refractivity contribution is 4.82. The lowest BCUT2D eigenvalue weighted by Gasteiger charge is -2.32. The molecule has 2 N–H and O–H groups in total. The molecule has 0 aliphatic rings. The van der Waals surface area contributed by atoms with Crippen molar-refractivity contribution < 1.29 is 4.74 Å². The van der Waals surface area contributed by atoms with E-state index >= 15 is 0 Å². The van der Waals surface area contributed by atoms with Gasteiger partial charge in [0.2, 0.25) is 0 Å². The number of nitrogens with two attached hydrogens (primary N) is 1. The van der Waals surface area contributed by atoms with E-state index in [1.54, 1.807) is 7.11 Å². The molecule has 0 fully saturated rings. The van der Waals surface area contributed by atoms with Crippen LogP contribution < -0.4 is 5.73 Å². The number of hydrogen-bond acceptors (Lipinski definition) is 3. The van der Waals surface area contributed by atoms with Gasteiger partial charge in [-0.15, -0.1) is 6.58 Å². The van der Waals surface area contributed by atoms with Crippen molar-refractivity contribution in [2.45, 2.75) is 25.9 Å². The molecular weight excluding hydrogens is 164 g/mol. The van der Waals surface area contributed by atoms with Gasteiger partial charge in [0.1, 0.15) is 0 Å². The molecule has 13 heavy (non-hydrogen) atoms. The van der Waals surface area contributed by atoms with Gasteiger partial charge in [-0.2, -0.15) is 0 Å². The Morgan fingerprint density at radius 3 is 2.46 bits per heavy atom. The van der Waals surface area contributed by atoms with Crippen LogP contribution in [0.1, 0.15) is 13.8 Å². The van der Waals surface area contributed by atoms with Crippen LogP contribution in [0.2, 0.25) is 0 Å². The zero-order valence-corrected chi connectivity index (χ0v) is 8.99. The summed E-state index contributed by atoms with van der Waals surface area (Å²) >= 11 is 0. The van der Waals surface area contributed by atoms with E-state index in [4.69, 9.17) is 10.5 Å². The molecule has 3 nitrogen and oxygen atoms in total. The predicted octanol–water partition coefficient (Wildman–Crippen LogP) is 0.857. The number of ether oxygens (including phenoxy) is 1. The fourth-order valence-electron chi connectivity index (χ4n) is 1.42. The third-order valence-electron chi connectivity index (χ3n) is 2.10. The summed E-state index contributed by atoms with van der Waals surface area (Å²) in [5.41, 5.74) is 5.67. The average molecular weight is 186 g/mol. The Morgan fingerprint density at radius 1 is 1.54 bits per heavy atom. The standard InChI is InChI=1S/C10H22N2O/c1-5-6-12(9(2)3)10(7-11)8-13-4/h5,9-10H,1,6-8,11H2,2-4H3. The Kier molecular flexibility index (Phi) is 6.86. The van der Waals surface area contributed by atoms with Crippen molar-refractivity contribution >= 4 is 0 Å². The van der Waals surface area contributed by atoms with Gasteiger partial charge in [0.15, 0.2) is 0 Å². The Bertz CT molecular complexity index is 137. The first kappa shape index (κ1) is 12.6. The molecule has 0 aromatic rings. The van der Waals surface area contributed by atoms with E-state index in [9.17, 15) is 0 Å². The lowest BCUT2D eigenvalue weighted by atomic mass is 10.2. The normalized spacial score (nSPS) is 13.7. The Hall–Kier alpha value is -0.380. The van der Waals surface area contributed by atoms with E-state index in [1.807, 2.05) is 6.08 Å². The van der Waals surface area contributed by atoms with E-state index in [2.05, 4.69) is 25.3 Å². The maximum atomic E-state index is 5.67. The monoisotopic (exact) mass is 186 g/mol. The SMILES string of the molecule is C=CCN(C(C)C)C(CN)COC. The number of hydrogen-bond donors (Lipinski definition) is 1. The van der Waals surface area contributed by atoms with Crippen LogP contribution in [0.4, 0.5) is 0 Å². The van der Waals surface area contributed by atoms with Crippen LogP contribution in [-0.4, -0.2) is 43.8 Å². The Balaban J connectivity index is 4.19. The lowest BCUT2D eigenvalue weighted by molar-refractivity contribution is 0.0828. The molecule has 0 rings (SSSR count). The van der Waals surface area contributed by atoms with Gasteiger partial charge in [0.05, 0.1) is 6.61 Å². The highest BCUT2D eigenvalue weighted by atomic mass is 16.5. The molecule has 0 saturated carbocycles. The lowest BCUT2D eigenvalue weighted by Crippen LogP contribution is -2.47. The minimum atomic E-state index is 0.294. The molecule has 0 amide bonds. The predicted molar refractivity (Wildman–Crippen MR) is 56.8 cm³/mol. The molecule has 0 heterocycles. The van der Waals surface area contributed by atoms with E-state index in [0.29, 0.717) is 25.2 Å². The minimum Gasteiger partial charge on any atom is -0.383 e. The maximum Gasteiger partial charge on any atom is 0.0630 e. The highest BCUT2D eigenvalue weighted by Gasteiger charge is 2.18. The molecule has 0 spiro atoms. The summed E-state index contributed by atoms with van der Waals surface area (Å²) in [6.07, 6.45) is 1.90. The molecule has 1 unspecified atom stereocenters. The summed E-state index contributed by atoms with van der Waals surface area (Å²) in [6, 6.07) is 0.768. The van der Waals surface area contributed by atoms with Gasteiger partial charge >= 0.3 is 0 Å². The largest absolute Gasteiger partial charge is 0.383 e. The van der Waals surface area contributed by atoms with Crippen molar-refractivity contribution in [1.29, 1.82) is 0 Å². The van der Waals surface area contributed by atoms with E-state index < -0.39 is 0 Å². The van der Waals surface area contributed by atoms with Gasteiger partial charge in [0.25, 0.3) is 0 Å². The van der Waals surface area contributed by atoms with Crippen molar-refractivity contribution in [3.8, 4) is 0 Å². The molecule has 3 heteroatoms. The number of nitrogens with zero attached hydrogens (tertiary/aromatic N) is 1. The van der Waals surface area contributed by atoms with Crippen LogP contribution in [0.25, 0.3) is 0 Å². The van der Waals surface area contributed by atoms with Gasteiger partial charge < -0.3 is 10.5 Å². The minimum absolute atomic E-state index is 0.294. The maximum absolute atomic E-state index is 5.67. The summed E-state index contributed by atoms with van der Waals surface area (Å²) in [5, 5.41) is 0. The van der Waals surface area contributed by atoms with Crippen molar-refractivity contribution in [1.82, 2.24) is 4.90 Å². The topological polar surface area (TPSA) is 38.5 Å². The third kappa shape index (κ3) is 4.41. The van der Waals surface area contributed by atoms with Crippen LogP contribution in [0.3, 0.4) is 0 Å². The van der Waals surface area contributed by atoms with Gasteiger partial charge in [0, 0.05) is 32.3 Å². The molecule has 0 aromatic carbocycles. The van der Waals surface area contributed by atoms with Crippen molar-refractivity contribution in [2.75, 3.05) is 26.8 Å². The quantitative estimate of drug-likeness (QED) is 0.599. The Morgan fingerprint density at radius 2 is 2.15 bits per heavy atom. The summed E-state index contributed by atoms with van der Waals surface area (Å²) in [5.74, 6) is 0. The van der Waals surface area contributed by atoms with Crippen LogP contribution >= 0.6 is 0 Å². The van der Waals surface area contributed by atoms with E-state index in [0.717, 1.165) is 6.54 Å². The molecule has 0 radical (unpaired) electrons. The molecule has 0 saturated heterocycles. The first-order valence-corrected chi connectivity index (χ1v) is 4.73. The summed E-state index contributed by atoms with van der Waals surface area (Å²) in [4.78, 5) is 2.29. The van der Waals surface area contributed by atoms with E-state index in [1.165, 1.54) is 0 Å². The van der Waals surface area contributed by atoms with Gasteiger partial charge in [-0.3, -0.25) is 4.90 Å². The summed E-state index contributed by atoms with van der Waals surface area (Å²) in [7, 11) is 1.70. The number of rotatable bonds is 7. The highest BCUT2D eigenvalue weighted by Crippen LogP contribution is 2.05. The molecule has 0 aliphatic heterocycles. The first-order chi connectivity index (χ1) is 6.17. The van der Waals surface area contributed by atoms with Crippen LogP contribution in [0.15, 0.2) is 12.7 Å². The zero-order valence-electron chi connectivity index (χ0n) is 8.99. The average Bonchev–Trinajstić information content (AvgIpc) is 2.10. The molecule has 0 bridgehead atoms.